The van der Waals surface area contributed by atoms with E-state index in [4.69, 9.17) is 16.3 Å². The lowest BCUT2D eigenvalue weighted by Gasteiger charge is -2.07. The van der Waals surface area contributed by atoms with Gasteiger partial charge in [0, 0.05) is 10.9 Å². The van der Waals surface area contributed by atoms with Crippen molar-refractivity contribution in [3.05, 3.63) is 74.9 Å². The molecule has 29 heavy (non-hydrogen) atoms. The van der Waals surface area contributed by atoms with E-state index in [2.05, 4.69) is 21.0 Å². The Morgan fingerprint density at radius 3 is 2.83 bits per heavy atom. The van der Waals surface area contributed by atoms with Crippen molar-refractivity contribution >= 4 is 45.1 Å². The lowest BCUT2D eigenvalue weighted by atomic mass is 10.1. The fraction of sp³-hybridized carbons (Fsp3) is 0.0909. The van der Waals surface area contributed by atoms with Crippen LogP contribution in [-0.2, 0) is 0 Å². The maximum Gasteiger partial charge on any atom is 0.259 e. The molecule has 0 saturated heterocycles. The molecule has 0 saturated carbocycles. The normalized spacial score (nSPS) is 11.6. The molecule has 2 aromatic heterocycles. The van der Waals surface area contributed by atoms with Gasteiger partial charge >= 0.3 is 0 Å². The van der Waals surface area contributed by atoms with Crippen LogP contribution in [0.1, 0.15) is 17.0 Å². The Morgan fingerprint density at radius 2 is 2.07 bits per heavy atom. The fourth-order valence-electron chi connectivity index (χ4n) is 3.12. The van der Waals surface area contributed by atoms with E-state index in [0.29, 0.717) is 27.7 Å². The van der Waals surface area contributed by atoms with E-state index in [-0.39, 0.29) is 22.1 Å². The summed E-state index contributed by atoms with van der Waals surface area (Å²) < 4.78 is 5.32. The van der Waals surface area contributed by atoms with Crippen molar-refractivity contribution in [2.75, 3.05) is 7.11 Å². The van der Waals surface area contributed by atoms with Crippen molar-refractivity contribution in [1.82, 2.24) is 15.0 Å². The number of H-pyrrole nitrogens is 1. The number of halogens is 1. The smallest absolute Gasteiger partial charge is 0.259 e. The third-order valence-electron chi connectivity index (χ3n) is 4.55. The number of pyridine rings is 1. The summed E-state index contributed by atoms with van der Waals surface area (Å²) in [5.41, 5.74) is 2.51. The predicted molar refractivity (Wildman–Crippen MR) is 114 cm³/mol. The largest absolute Gasteiger partial charge is 0.494 e. The summed E-state index contributed by atoms with van der Waals surface area (Å²) in [5, 5.41) is 11.2. The number of methoxy groups -OCH3 is 1. The second kappa shape index (κ2) is 7.38. The highest BCUT2D eigenvalue weighted by molar-refractivity contribution is 6.31. The minimum absolute atomic E-state index is 0.176. The van der Waals surface area contributed by atoms with Gasteiger partial charge in [0.15, 0.2) is 5.82 Å². The molecular formula is C22H15ClN4O2. The van der Waals surface area contributed by atoms with Gasteiger partial charge in [0.2, 0.25) is 0 Å². The van der Waals surface area contributed by atoms with E-state index < -0.39 is 0 Å². The summed E-state index contributed by atoms with van der Waals surface area (Å²) in [7, 11) is 1.56. The monoisotopic (exact) mass is 402 g/mol. The molecule has 0 aliphatic heterocycles. The molecule has 0 unspecified atom stereocenters. The number of nitrogens with one attached hydrogen (secondary N) is 1. The number of aryl methyl sites for hydroxylation is 1. The highest BCUT2D eigenvalue weighted by Gasteiger charge is 2.12. The van der Waals surface area contributed by atoms with Crippen molar-refractivity contribution in [3.63, 3.8) is 0 Å². The zero-order valence-corrected chi connectivity index (χ0v) is 16.4. The quantitative estimate of drug-likeness (QED) is 0.402. The average Bonchev–Trinajstić information content (AvgIpc) is 2.72. The number of ether oxygens (including phenoxy) is 1. The molecule has 0 radical (unpaired) electrons. The molecule has 2 heterocycles. The number of aromatic nitrogens is 3. The number of nitriles is 1. The SMILES string of the molecule is COc1cccc2cc(/C=C(\C#N)c3nc4ccc(C)cc4c(=O)[nH]3)c(Cl)nc12. The van der Waals surface area contributed by atoms with Gasteiger partial charge in [-0.15, -0.1) is 0 Å². The van der Waals surface area contributed by atoms with Crippen LogP contribution in [0.3, 0.4) is 0 Å². The van der Waals surface area contributed by atoms with Gasteiger partial charge < -0.3 is 9.72 Å². The molecule has 0 fully saturated rings. The summed E-state index contributed by atoms with van der Waals surface area (Å²) >= 11 is 6.35. The van der Waals surface area contributed by atoms with Gasteiger partial charge in [0.25, 0.3) is 5.56 Å². The van der Waals surface area contributed by atoms with E-state index in [1.165, 1.54) is 0 Å². The summed E-state index contributed by atoms with van der Waals surface area (Å²) in [4.78, 5) is 24.0. The topological polar surface area (TPSA) is 91.7 Å². The van der Waals surface area contributed by atoms with Gasteiger partial charge in [-0.25, -0.2) is 9.97 Å². The molecule has 0 aliphatic carbocycles. The van der Waals surface area contributed by atoms with Crippen LogP contribution in [0, 0.1) is 18.3 Å². The lowest BCUT2D eigenvalue weighted by molar-refractivity contribution is 0.419. The second-order valence-electron chi connectivity index (χ2n) is 6.51. The molecule has 7 heteroatoms. The van der Waals surface area contributed by atoms with Crippen molar-refractivity contribution in [2.45, 2.75) is 6.92 Å². The van der Waals surface area contributed by atoms with Gasteiger partial charge in [0.05, 0.1) is 23.6 Å². The summed E-state index contributed by atoms with van der Waals surface area (Å²) in [6, 6.07) is 14.8. The lowest BCUT2D eigenvalue weighted by Crippen LogP contribution is -2.11. The first-order chi connectivity index (χ1) is 14.0. The molecule has 0 bridgehead atoms. The Hall–Kier alpha value is -3.69. The summed E-state index contributed by atoms with van der Waals surface area (Å²) in [6.07, 6.45) is 1.56. The molecule has 4 aromatic rings. The van der Waals surface area contributed by atoms with Gasteiger partial charge in [-0.2, -0.15) is 5.26 Å². The number of nitrogens with zero attached hydrogens (tertiary/aromatic N) is 3. The van der Waals surface area contributed by atoms with Crippen LogP contribution >= 0.6 is 11.6 Å². The number of aromatic amines is 1. The number of allylic oxidation sites excluding steroid dienone is 1. The highest BCUT2D eigenvalue weighted by Crippen LogP contribution is 2.29. The minimum atomic E-state index is -0.303. The van der Waals surface area contributed by atoms with E-state index in [1.807, 2.05) is 31.2 Å². The number of rotatable bonds is 3. The third kappa shape index (κ3) is 3.44. The van der Waals surface area contributed by atoms with Crippen LogP contribution in [-0.4, -0.2) is 22.1 Å². The van der Waals surface area contributed by atoms with Gasteiger partial charge in [-0.3, -0.25) is 4.79 Å². The first-order valence-electron chi connectivity index (χ1n) is 8.76. The van der Waals surface area contributed by atoms with Crippen LogP contribution in [0.15, 0.2) is 47.3 Å². The molecular weight excluding hydrogens is 388 g/mol. The van der Waals surface area contributed by atoms with Gasteiger partial charge in [-0.05, 0) is 37.3 Å². The number of hydrogen-bond donors (Lipinski definition) is 1. The molecule has 142 valence electrons. The van der Waals surface area contributed by atoms with Crippen molar-refractivity contribution < 1.29 is 4.74 Å². The molecule has 1 N–H and O–H groups in total. The summed E-state index contributed by atoms with van der Waals surface area (Å²) in [6.45, 7) is 1.90. The first-order valence-corrected chi connectivity index (χ1v) is 9.14. The molecule has 0 spiro atoms. The Labute approximate surface area is 171 Å². The van der Waals surface area contributed by atoms with Crippen molar-refractivity contribution in [1.29, 1.82) is 5.26 Å². The van der Waals surface area contributed by atoms with Gasteiger partial charge in [-0.1, -0.05) is 35.4 Å². The molecule has 4 rings (SSSR count). The molecule has 2 aromatic carbocycles. The van der Waals surface area contributed by atoms with Crippen LogP contribution in [0.2, 0.25) is 5.15 Å². The third-order valence-corrected chi connectivity index (χ3v) is 4.85. The number of hydrogen-bond acceptors (Lipinski definition) is 5. The predicted octanol–water partition coefficient (Wildman–Crippen LogP) is 4.51. The van der Waals surface area contributed by atoms with E-state index in [9.17, 15) is 10.1 Å². The Kier molecular flexibility index (Phi) is 4.75. The van der Waals surface area contributed by atoms with Crippen LogP contribution in [0.4, 0.5) is 0 Å². The van der Waals surface area contributed by atoms with Crippen molar-refractivity contribution in [2.24, 2.45) is 0 Å². The highest BCUT2D eigenvalue weighted by atomic mass is 35.5. The van der Waals surface area contributed by atoms with Crippen LogP contribution in [0.5, 0.6) is 5.75 Å². The Bertz CT molecular complexity index is 1400. The maximum atomic E-state index is 12.5. The first kappa shape index (κ1) is 18.7. The number of para-hydroxylation sites is 1. The molecule has 6 nitrogen and oxygen atoms in total. The van der Waals surface area contributed by atoms with E-state index in [0.717, 1.165) is 10.9 Å². The van der Waals surface area contributed by atoms with Crippen LogP contribution in [0.25, 0.3) is 33.5 Å². The Morgan fingerprint density at radius 1 is 1.24 bits per heavy atom. The summed E-state index contributed by atoms with van der Waals surface area (Å²) in [5.74, 6) is 0.784. The number of benzene rings is 2. The molecule has 0 amide bonds. The molecule has 0 aliphatic rings. The standard InChI is InChI=1S/C22H15ClN4O2/c1-12-6-7-17-16(8-12)22(28)27-21(25-17)15(11-24)10-14-9-13-4-3-5-18(29-2)19(13)26-20(14)23/h3-10H,1-2H3,(H,25,27,28)/b15-10+. The second-order valence-corrected chi connectivity index (χ2v) is 6.86. The maximum absolute atomic E-state index is 12.5. The minimum Gasteiger partial charge on any atom is -0.494 e. The average molecular weight is 403 g/mol. The molecule has 0 atom stereocenters. The fourth-order valence-corrected chi connectivity index (χ4v) is 3.31. The zero-order chi connectivity index (χ0) is 20.5. The van der Waals surface area contributed by atoms with Crippen LogP contribution < -0.4 is 10.3 Å². The Balaban J connectivity index is 1.88. The van der Waals surface area contributed by atoms with E-state index >= 15 is 0 Å². The van der Waals surface area contributed by atoms with Crippen molar-refractivity contribution in [3.8, 4) is 11.8 Å². The zero-order valence-electron chi connectivity index (χ0n) is 15.7. The van der Waals surface area contributed by atoms with Gasteiger partial charge in [0.1, 0.15) is 22.5 Å². The number of fused-ring (bicyclic) bond motifs is 2. The van der Waals surface area contributed by atoms with E-state index in [1.54, 1.807) is 31.4 Å².